The number of hydrogen-bond acceptors (Lipinski definition) is 5. The molecular formula is C18H14NO4S-. The van der Waals surface area contributed by atoms with Gasteiger partial charge in [-0.3, -0.25) is 9.59 Å². The summed E-state index contributed by atoms with van der Waals surface area (Å²) in [6, 6.07) is 13.5. The van der Waals surface area contributed by atoms with Gasteiger partial charge in [0, 0.05) is 16.9 Å². The van der Waals surface area contributed by atoms with E-state index in [0.29, 0.717) is 10.6 Å². The second-order valence-electron chi connectivity index (χ2n) is 5.50. The average molecular weight is 340 g/mol. The minimum atomic E-state index is -1.30. The van der Waals surface area contributed by atoms with E-state index in [4.69, 9.17) is 0 Å². The fraction of sp³-hybridized carbons (Fsp3) is 0.167. The monoisotopic (exact) mass is 340 g/mol. The Bertz CT molecular complexity index is 816. The third kappa shape index (κ3) is 3.05. The third-order valence-corrected chi connectivity index (χ3v) is 5.04. The number of amides is 2. The maximum Gasteiger partial charge on any atom is 0.247 e. The van der Waals surface area contributed by atoms with E-state index < -0.39 is 11.2 Å². The lowest BCUT2D eigenvalue weighted by Gasteiger charge is -2.16. The first kappa shape index (κ1) is 16.3. The van der Waals surface area contributed by atoms with Gasteiger partial charge in [0.2, 0.25) is 11.8 Å². The fourth-order valence-electron chi connectivity index (χ4n) is 2.55. The van der Waals surface area contributed by atoms with Gasteiger partial charge in [-0.1, -0.05) is 35.9 Å². The zero-order chi connectivity index (χ0) is 17.3. The van der Waals surface area contributed by atoms with Crippen molar-refractivity contribution in [1.82, 2.24) is 0 Å². The van der Waals surface area contributed by atoms with Crippen LogP contribution < -0.4 is 10.0 Å². The second kappa shape index (κ2) is 6.49. The molecule has 0 aliphatic carbocycles. The van der Waals surface area contributed by atoms with Crippen molar-refractivity contribution in [3.05, 3.63) is 59.7 Å². The Kier molecular flexibility index (Phi) is 4.40. The van der Waals surface area contributed by atoms with Crippen LogP contribution >= 0.6 is 11.8 Å². The molecule has 0 saturated carbocycles. The molecule has 2 aromatic rings. The van der Waals surface area contributed by atoms with Crippen molar-refractivity contribution < 1.29 is 19.5 Å². The van der Waals surface area contributed by atoms with Crippen LogP contribution in [0.1, 0.15) is 22.3 Å². The third-order valence-electron chi connectivity index (χ3n) is 3.77. The molecule has 0 bridgehead atoms. The molecule has 1 saturated heterocycles. The minimum Gasteiger partial charge on any atom is -0.545 e. The first-order valence-electron chi connectivity index (χ1n) is 7.38. The molecule has 6 heteroatoms. The molecule has 3 rings (SSSR count). The number of benzene rings is 2. The summed E-state index contributed by atoms with van der Waals surface area (Å²) in [7, 11) is 0. The Morgan fingerprint density at radius 3 is 2.46 bits per heavy atom. The highest BCUT2D eigenvalue weighted by Crippen LogP contribution is 2.35. The molecule has 0 spiro atoms. The van der Waals surface area contributed by atoms with Crippen LogP contribution in [0, 0.1) is 6.92 Å². The number of thioether (sulfide) groups is 1. The van der Waals surface area contributed by atoms with Crippen LogP contribution in [0.2, 0.25) is 0 Å². The van der Waals surface area contributed by atoms with Crippen molar-refractivity contribution in [1.29, 1.82) is 0 Å². The van der Waals surface area contributed by atoms with Crippen LogP contribution in [0.15, 0.2) is 53.4 Å². The predicted molar refractivity (Wildman–Crippen MR) is 88.7 cm³/mol. The standard InChI is InChI=1S/C18H15NO4S/c1-11-6-8-12(9-7-11)19-16(20)10-15(17(19)21)24-14-5-3-2-4-13(14)18(22)23/h2-9,15H,10H2,1H3,(H,22,23)/p-1/t15-/m1/s1. The summed E-state index contributed by atoms with van der Waals surface area (Å²) in [5.41, 5.74) is 1.59. The Labute approximate surface area is 143 Å². The van der Waals surface area contributed by atoms with E-state index in [1.807, 2.05) is 19.1 Å². The molecule has 0 N–H and O–H groups in total. The van der Waals surface area contributed by atoms with Crippen LogP contribution in [0.5, 0.6) is 0 Å². The molecule has 122 valence electrons. The quantitative estimate of drug-likeness (QED) is 0.793. The van der Waals surface area contributed by atoms with Crippen molar-refractivity contribution in [2.45, 2.75) is 23.5 Å². The highest BCUT2D eigenvalue weighted by Gasteiger charge is 2.40. The van der Waals surface area contributed by atoms with E-state index in [9.17, 15) is 19.5 Å². The van der Waals surface area contributed by atoms with E-state index in [1.54, 1.807) is 30.3 Å². The van der Waals surface area contributed by atoms with Crippen molar-refractivity contribution in [3.8, 4) is 0 Å². The van der Waals surface area contributed by atoms with Gasteiger partial charge in [0.25, 0.3) is 0 Å². The number of hydrogen-bond donors (Lipinski definition) is 0. The Morgan fingerprint density at radius 1 is 1.12 bits per heavy atom. The lowest BCUT2D eigenvalue weighted by atomic mass is 10.2. The van der Waals surface area contributed by atoms with Gasteiger partial charge in [0.15, 0.2) is 0 Å². The van der Waals surface area contributed by atoms with E-state index in [-0.39, 0.29) is 23.8 Å². The van der Waals surface area contributed by atoms with Crippen molar-refractivity contribution >= 4 is 35.2 Å². The number of carboxylic acids is 1. The number of rotatable bonds is 4. The highest BCUT2D eigenvalue weighted by atomic mass is 32.2. The number of carbonyl (C=O) groups is 3. The molecular weight excluding hydrogens is 326 g/mol. The molecule has 0 unspecified atom stereocenters. The number of carboxylic acid groups (broad SMARTS) is 1. The zero-order valence-electron chi connectivity index (χ0n) is 12.9. The van der Waals surface area contributed by atoms with Crippen LogP contribution in [-0.4, -0.2) is 23.0 Å². The molecule has 2 amide bonds. The smallest absolute Gasteiger partial charge is 0.247 e. The SMILES string of the molecule is Cc1ccc(N2C(=O)C[C@@H](Sc3ccccc3C(=O)[O-])C2=O)cc1. The minimum absolute atomic E-state index is 0.0246. The number of carbonyl (C=O) groups excluding carboxylic acids is 3. The van der Waals surface area contributed by atoms with Crippen molar-refractivity contribution in [3.63, 3.8) is 0 Å². The number of aryl methyl sites for hydroxylation is 1. The Morgan fingerprint density at radius 2 is 1.79 bits per heavy atom. The molecule has 5 nitrogen and oxygen atoms in total. The molecule has 1 aliphatic heterocycles. The maximum absolute atomic E-state index is 12.6. The van der Waals surface area contributed by atoms with E-state index >= 15 is 0 Å². The van der Waals surface area contributed by atoms with Crippen molar-refractivity contribution in [2.24, 2.45) is 0 Å². The van der Waals surface area contributed by atoms with E-state index in [2.05, 4.69) is 0 Å². The summed E-state index contributed by atoms with van der Waals surface area (Å²) in [5.74, 6) is -1.92. The molecule has 1 atom stereocenters. The molecule has 1 aliphatic rings. The molecule has 1 heterocycles. The van der Waals surface area contributed by atoms with Gasteiger partial charge in [-0.2, -0.15) is 0 Å². The Balaban J connectivity index is 1.85. The second-order valence-corrected chi connectivity index (χ2v) is 6.74. The lowest BCUT2D eigenvalue weighted by Crippen LogP contribution is -2.31. The molecule has 1 fully saturated rings. The number of anilines is 1. The van der Waals surface area contributed by atoms with E-state index in [0.717, 1.165) is 17.3 Å². The number of aromatic carboxylic acids is 1. The number of nitrogens with zero attached hydrogens (tertiary/aromatic N) is 1. The average Bonchev–Trinajstić information content (AvgIpc) is 2.83. The fourth-order valence-corrected chi connectivity index (χ4v) is 3.73. The van der Waals surface area contributed by atoms with Crippen LogP contribution in [0.3, 0.4) is 0 Å². The summed E-state index contributed by atoms with van der Waals surface area (Å²) in [6.45, 7) is 1.92. The molecule has 2 aromatic carbocycles. The first-order chi connectivity index (χ1) is 11.5. The largest absolute Gasteiger partial charge is 0.545 e. The van der Waals surface area contributed by atoms with Gasteiger partial charge in [-0.05, 0) is 25.1 Å². The molecule has 0 aromatic heterocycles. The highest BCUT2D eigenvalue weighted by molar-refractivity contribution is 8.00. The van der Waals surface area contributed by atoms with Crippen LogP contribution in [-0.2, 0) is 9.59 Å². The Hall–Kier alpha value is -2.60. The van der Waals surface area contributed by atoms with Gasteiger partial charge in [0.05, 0.1) is 16.9 Å². The molecule has 0 radical (unpaired) electrons. The number of imide groups is 1. The summed E-state index contributed by atoms with van der Waals surface area (Å²) < 4.78 is 0. The summed E-state index contributed by atoms with van der Waals surface area (Å²) in [6.07, 6.45) is 0.0404. The van der Waals surface area contributed by atoms with Gasteiger partial charge in [-0.15, -0.1) is 11.8 Å². The van der Waals surface area contributed by atoms with Crippen LogP contribution in [0.4, 0.5) is 5.69 Å². The normalized spacial score (nSPS) is 17.4. The van der Waals surface area contributed by atoms with E-state index in [1.165, 1.54) is 11.0 Å². The van der Waals surface area contributed by atoms with Crippen molar-refractivity contribution in [2.75, 3.05) is 4.90 Å². The van der Waals surface area contributed by atoms with Gasteiger partial charge in [0.1, 0.15) is 0 Å². The molecule has 24 heavy (non-hydrogen) atoms. The summed E-state index contributed by atoms with van der Waals surface area (Å²) in [4.78, 5) is 37.6. The maximum atomic E-state index is 12.6. The first-order valence-corrected chi connectivity index (χ1v) is 8.26. The zero-order valence-corrected chi connectivity index (χ0v) is 13.7. The van der Waals surface area contributed by atoms with Gasteiger partial charge in [-0.25, -0.2) is 4.90 Å². The summed E-state index contributed by atoms with van der Waals surface area (Å²) >= 11 is 1.09. The lowest BCUT2D eigenvalue weighted by molar-refractivity contribution is -0.255. The summed E-state index contributed by atoms with van der Waals surface area (Å²) in [5, 5.41) is 10.5. The van der Waals surface area contributed by atoms with Gasteiger partial charge >= 0.3 is 0 Å². The van der Waals surface area contributed by atoms with Crippen LogP contribution in [0.25, 0.3) is 0 Å². The topological polar surface area (TPSA) is 77.5 Å². The van der Waals surface area contributed by atoms with Gasteiger partial charge < -0.3 is 9.90 Å². The predicted octanol–water partition coefficient (Wildman–Crippen LogP) is 1.78.